The maximum absolute atomic E-state index is 11.7. The van der Waals surface area contributed by atoms with Crippen LogP contribution in [0.5, 0.6) is 0 Å². The molecule has 0 aliphatic rings. The number of benzene rings is 2. The van der Waals surface area contributed by atoms with Gasteiger partial charge in [-0.2, -0.15) is 0 Å². The van der Waals surface area contributed by atoms with Crippen LogP contribution in [0.15, 0.2) is 54.6 Å². The number of urea groups is 1. The van der Waals surface area contributed by atoms with E-state index in [-0.39, 0.29) is 6.03 Å². The molecule has 3 heteroatoms. The van der Waals surface area contributed by atoms with Gasteiger partial charge in [0.15, 0.2) is 0 Å². The minimum Gasteiger partial charge on any atom is -0.338 e. The zero-order valence-corrected chi connectivity index (χ0v) is 11.7. The molecule has 2 rings (SSSR count). The average molecular weight is 268 g/mol. The number of nitrogens with one attached hydrogen (secondary N) is 2. The smallest absolute Gasteiger partial charge is 0.315 e. The van der Waals surface area contributed by atoms with Crippen LogP contribution in [0.1, 0.15) is 16.7 Å². The van der Waals surface area contributed by atoms with Crippen molar-refractivity contribution < 1.29 is 4.79 Å². The first-order valence-corrected chi connectivity index (χ1v) is 6.85. The second-order valence-corrected chi connectivity index (χ2v) is 4.83. The highest BCUT2D eigenvalue weighted by molar-refractivity contribution is 5.73. The normalized spacial score (nSPS) is 10.1. The molecule has 0 saturated heterocycles. The van der Waals surface area contributed by atoms with Gasteiger partial charge in [0.25, 0.3) is 0 Å². The zero-order chi connectivity index (χ0) is 14.2. The molecule has 104 valence electrons. The second kappa shape index (κ2) is 7.34. The predicted octanol–water partition coefficient (Wildman–Crippen LogP) is 3.04. The van der Waals surface area contributed by atoms with Crippen LogP contribution in [0.3, 0.4) is 0 Å². The van der Waals surface area contributed by atoms with Gasteiger partial charge in [0, 0.05) is 13.1 Å². The van der Waals surface area contributed by atoms with Gasteiger partial charge in [-0.25, -0.2) is 4.79 Å². The maximum atomic E-state index is 11.7. The van der Waals surface area contributed by atoms with Crippen molar-refractivity contribution in [3.05, 3.63) is 71.3 Å². The third-order valence-corrected chi connectivity index (χ3v) is 3.08. The molecule has 2 amide bonds. The van der Waals surface area contributed by atoms with E-state index in [1.807, 2.05) is 43.3 Å². The summed E-state index contributed by atoms with van der Waals surface area (Å²) < 4.78 is 0. The third-order valence-electron chi connectivity index (χ3n) is 3.08. The molecule has 0 aromatic heterocycles. The third kappa shape index (κ3) is 4.76. The van der Waals surface area contributed by atoms with E-state index in [0.717, 1.165) is 12.0 Å². The lowest BCUT2D eigenvalue weighted by atomic mass is 10.1. The van der Waals surface area contributed by atoms with Crippen LogP contribution in [0.2, 0.25) is 0 Å². The number of carbonyl (C=O) groups is 1. The van der Waals surface area contributed by atoms with Crippen LogP contribution in [0.4, 0.5) is 4.79 Å². The van der Waals surface area contributed by atoms with E-state index in [1.165, 1.54) is 11.1 Å². The molecule has 0 bridgehead atoms. The van der Waals surface area contributed by atoms with Gasteiger partial charge in [-0.15, -0.1) is 0 Å². The lowest BCUT2D eigenvalue weighted by Crippen LogP contribution is -2.36. The van der Waals surface area contributed by atoms with Gasteiger partial charge in [-0.1, -0.05) is 60.2 Å². The fourth-order valence-electron chi connectivity index (χ4n) is 2.03. The Morgan fingerprint density at radius 2 is 1.70 bits per heavy atom. The number of hydrogen-bond donors (Lipinski definition) is 2. The summed E-state index contributed by atoms with van der Waals surface area (Å²) >= 11 is 0. The number of aryl methyl sites for hydroxylation is 1. The van der Waals surface area contributed by atoms with Gasteiger partial charge in [-0.05, 0) is 24.5 Å². The molecular formula is C17H20N2O. The van der Waals surface area contributed by atoms with Gasteiger partial charge in [-0.3, -0.25) is 0 Å². The zero-order valence-electron chi connectivity index (χ0n) is 11.7. The van der Waals surface area contributed by atoms with Crippen molar-refractivity contribution >= 4 is 6.03 Å². The predicted molar refractivity (Wildman–Crippen MR) is 81.6 cm³/mol. The summed E-state index contributed by atoms with van der Waals surface area (Å²) in [5.41, 5.74) is 3.54. The number of amides is 2. The van der Waals surface area contributed by atoms with Gasteiger partial charge in [0.2, 0.25) is 0 Å². The van der Waals surface area contributed by atoms with Crippen molar-refractivity contribution in [3.8, 4) is 0 Å². The van der Waals surface area contributed by atoms with Crippen molar-refractivity contribution in [2.45, 2.75) is 19.9 Å². The molecule has 0 fully saturated rings. The Kier molecular flexibility index (Phi) is 5.18. The van der Waals surface area contributed by atoms with E-state index in [2.05, 4.69) is 28.8 Å². The van der Waals surface area contributed by atoms with E-state index in [9.17, 15) is 4.79 Å². The first-order chi connectivity index (χ1) is 9.74. The standard InChI is InChI=1S/C17H20N2O/c1-14-6-5-9-16(12-14)13-19-17(20)18-11-10-15-7-3-2-4-8-15/h2-9,12H,10-11,13H2,1H3,(H2,18,19,20). The van der Waals surface area contributed by atoms with Crippen LogP contribution in [0.25, 0.3) is 0 Å². The lowest BCUT2D eigenvalue weighted by Gasteiger charge is -2.08. The van der Waals surface area contributed by atoms with Crippen LogP contribution >= 0.6 is 0 Å². The van der Waals surface area contributed by atoms with E-state index in [0.29, 0.717) is 13.1 Å². The molecular weight excluding hydrogens is 248 g/mol. The number of rotatable bonds is 5. The number of hydrogen-bond acceptors (Lipinski definition) is 1. The highest BCUT2D eigenvalue weighted by Crippen LogP contribution is 2.03. The fourth-order valence-corrected chi connectivity index (χ4v) is 2.03. The Labute approximate surface area is 120 Å². The fraction of sp³-hybridized carbons (Fsp3) is 0.235. The molecule has 0 aliphatic heterocycles. The Bertz CT molecular complexity index is 552. The van der Waals surface area contributed by atoms with Crippen LogP contribution in [-0.4, -0.2) is 12.6 Å². The highest BCUT2D eigenvalue weighted by atomic mass is 16.2. The molecule has 20 heavy (non-hydrogen) atoms. The van der Waals surface area contributed by atoms with E-state index < -0.39 is 0 Å². The molecule has 2 N–H and O–H groups in total. The second-order valence-electron chi connectivity index (χ2n) is 4.83. The van der Waals surface area contributed by atoms with Crippen LogP contribution in [-0.2, 0) is 13.0 Å². The van der Waals surface area contributed by atoms with E-state index in [1.54, 1.807) is 0 Å². The van der Waals surface area contributed by atoms with Crippen molar-refractivity contribution in [2.24, 2.45) is 0 Å². The van der Waals surface area contributed by atoms with Gasteiger partial charge >= 0.3 is 6.03 Å². The Morgan fingerprint density at radius 3 is 2.45 bits per heavy atom. The largest absolute Gasteiger partial charge is 0.338 e. The SMILES string of the molecule is Cc1cccc(CNC(=O)NCCc2ccccc2)c1. The summed E-state index contributed by atoms with van der Waals surface area (Å²) in [6, 6.07) is 18.1. The minimum absolute atomic E-state index is 0.123. The Hall–Kier alpha value is -2.29. The maximum Gasteiger partial charge on any atom is 0.315 e. The molecule has 0 saturated carbocycles. The highest BCUT2D eigenvalue weighted by Gasteiger charge is 2.00. The summed E-state index contributed by atoms with van der Waals surface area (Å²) in [6.07, 6.45) is 0.846. The van der Waals surface area contributed by atoms with Gasteiger partial charge < -0.3 is 10.6 Å². The molecule has 3 nitrogen and oxygen atoms in total. The topological polar surface area (TPSA) is 41.1 Å². The summed E-state index contributed by atoms with van der Waals surface area (Å²) in [5, 5.41) is 5.73. The summed E-state index contributed by atoms with van der Waals surface area (Å²) in [5.74, 6) is 0. The Morgan fingerprint density at radius 1 is 0.950 bits per heavy atom. The lowest BCUT2D eigenvalue weighted by molar-refractivity contribution is 0.240. The van der Waals surface area contributed by atoms with Crippen LogP contribution in [0, 0.1) is 6.92 Å². The van der Waals surface area contributed by atoms with Crippen molar-refractivity contribution in [1.82, 2.24) is 10.6 Å². The van der Waals surface area contributed by atoms with Gasteiger partial charge in [0.1, 0.15) is 0 Å². The molecule has 0 unspecified atom stereocenters. The first-order valence-electron chi connectivity index (χ1n) is 6.85. The Balaban J connectivity index is 1.68. The molecule has 2 aromatic carbocycles. The summed E-state index contributed by atoms with van der Waals surface area (Å²) in [7, 11) is 0. The van der Waals surface area contributed by atoms with Crippen LogP contribution < -0.4 is 10.6 Å². The molecule has 2 aromatic rings. The minimum atomic E-state index is -0.123. The molecule has 0 aliphatic carbocycles. The average Bonchev–Trinajstić information content (AvgIpc) is 2.46. The first kappa shape index (κ1) is 14.1. The summed E-state index contributed by atoms with van der Waals surface area (Å²) in [6.45, 7) is 3.24. The van der Waals surface area contributed by atoms with E-state index in [4.69, 9.17) is 0 Å². The van der Waals surface area contributed by atoms with Gasteiger partial charge in [0.05, 0.1) is 0 Å². The molecule has 0 atom stereocenters. The number of carbonyl (C=O) groups excluding carboxylic acids is 1. The van der Waals surface area contributed by atoms with Crippen molar-refractivity contribution in [2.75, 3.05) is 6.54 Å². The molecule has 0 radical (unpaired) electrons. The molecule has 0 heterocycles. The summed E-state index contributed by atoms with van der Waals surface area (Å²) in [4.78, 5) is 11.7. The van der Waals surface area contributed by atoms with Crippen molar-refractivity contribution in [3.63, 3.8) is 0 Å². The monoisotopic (exact) mass is 268 g/mol. The van der Waals surface area contributed by atoms with Crippen molar-refractivity contribution in [1.29, 1.82) is 0 Å². The van der Waals surface area contributed by atoms with E-state index >= 15 is 0 Å². The quantitative estimate of drug-likeness (QED) is 0.860. The molecule has 0 spiro atoms.